The van der Waals surface area contributed by atoms with E-state index < -0.39 is 40.4 Å². The van der Waals surface area contributed by atoms with Gasteiger partial charge in [0.15, 0.2) is 29.1 Å². The fourth-order valence-corrected chi connectivity index (χ4v) is 2.96. The van der Waals surface area contributed by atoms with Crippen LogP contribution < -0.4 is 0 Å². The van der Waals surface area contributed by atoms with E-state index in [2.05, 4.69) is 0 Å². The van der Waals surface area contributed by atoms with Crippen molar-refractivity contribution in [3.8, 4) is 0 Å². The number of halogens is 4. The van der Waals surface area contributed by atoms with E-state index in [0.717, 1.165) is 0 Å². The molecule has 1 aromatic carbocycles. The highest BCUT2D eigenvalue weighted by molar-refractivity contribution is 6.01. The van der Waals surface area contributed by atoms with Crippen molar-refractivity contribution < 1.29 is 22.4 Å². The van der Waals surface area contributed by atoms with Crippen LogP contribution in [0.1, 0.15) is 30.4 Å². The first-order valence-electron chi connectivity index (χ1n) is 5.47. The highest BCUT2D eigenvalue weighted by atomic mass is 19.2. The maximum Gasteiger partial charge on any atom is 0.197 e. The van der Waals surface area contributed by atoms with Gasteiger partial charge in [-0.15, -0.1) is 0 Å². The average Bonchev–Trinajstić information content (AvgIpc) is 2.59. The van der Waals surface area contributed by atoms with Gasteiger partial charge in [-0.3, -0.25) is 4.79 Å². The molecule has 0 unspecified atom stereocenters. The minimum atomic E-state index is -1.85. The zero-order valence-electron chi connectivity index (χ0n) is 9.36. The summed E-state index contributed by atoms with van der Waals surface area (Å²) in [5.41, 5.74) is -1.86. The van der Waals surface area contributed by atoms with Gasteiger partial charge in [-0.2, -0.15) is 0 Å². The van der Waals surface area contributed by atoms with Crippen LogP contribution in [0.15, 0.2) is 12.2 Å². The van der Waals surface area contributed by atoms with Crippen LogP contribution in [0.2, 0.25) is 0 Å². The smallest absolute Gasteiger partial charge is 0.197 e. The van der Waals surface area contributed by atoms with E-state index >= 15 is 0 Å². The standard InChI is InChI=1S/C13H8F4O/c1-13-4-5(2-3-6(13)18)7-8(13)10(15)12(17)11(16)9(7)14/h2-3,5H,4H2,1H3/t5-,13-/m0/s1. The van der Waals surface area contributed by atoms with Gasteiger partial charge in [0, 0.05) is 17.0 Å². The third-order valence-corrected chi connectivity index (χ3v) is 3.88. The summed E-state index contributed by atoms with van der Waals surface area (Å²) in [6.45, 7) is 1.43. The number of allylic oxidation sites excluding steroid dienone is 2. The largest absolute Gasteiger partial charge is 0.294 e. The van der Waals surface area contributed by atoms with Crippen molar-refractivity contribution in [2.45, 2.75) is 24.7 Å². The summed E-state index contributed by atoms with van der Waals surface area (Å²) in [7, 11) is 0. The molecule has 5 heteroatoms. The van der Waals surface area contributed by atoms with Crippen LogP contribution in [0.4, 0.5) is 17.6 Å². The maximum absolute atomic E-state index is 13.8. The van der Waals surface area contributed by atoms with Gasteiger partial charge in [0.05, 0.1) is 5.41 Å². The van der Waals surface area contributed by atoms with E-state index in [-0.39, 0.29) is 17.5 Å². The lowest BCUT2D eigenvalue weighted by Gasteiger charge is -2.24. The molecule has 2 bridgehead atoms. The maximum atomic E-state index is 13.8. The van der Waals surface area contributed by atoms with Crippen LogP contribution in [0.25, 0.3) is 0 Å². The normalized spacial score (nSPS) is 28.7. The quantitative estimate of drug-likeness (QED) is 0.396. The monoisotopic (exact) mass is 256 g/mol. The first-order chi connectivity index (χ1) is 8.38. The number of ketones is 1. The molecular weight excluding hydrogens is 248 g/mol. The second-order valence-corrected chi connectivity index (χ2v) is 4.91. The Labute approximate surface area is 100 Å². The molecule has 0 N–H and O–H groups in total. The van der Waals surface area contributed by atoms with Crippen molar-refractivity contribution in [1.82, 2.24) is 0 Å². The molecular formula is C13H8F4O. The molecule has 0 heterocycles. The van der Waals surface area contributed by atoms with E-state index in [1.54, 1.807) is 0 Å². The molecule has 2 aliphatic carbocycles. The minimum Gasteiger partial charge on any atom is -0.294 e. The van der Waals surface area contributed by atoms with Gasteiger partial charge >= 0.3 is 0 Å². The van der Waals surface area contributed by atoms with E-state index in [1.807, 2.05) is 0 Å². The van der Waals surface area contributed by atoms with Gasteiger partial charge in [0.1, 0.15) is 0 Å². The summed E-state index contributed by atoms with van der Waals surface area (Å²) in [6, 6.07) is 0. The summed E-state index contributed by atoms with van der Waals surface area (Å²) < 4.78 is 54.1. The molecule has 94 valence electrons. The Bertz CT molecular complexity index is 620. The Morgan fingerprint density at radius 3 is 2.39 bits per heavy atom. The van der Waals surface area contributed by atoms with Crippen LogP contribution >= 0.6 is 0 Å². The van der Waals surface area contributed by atoms with Gasteiger partial charge in [0.25, 0.3) is 0 Å². The molecule has 0 aliphatic heterocycles. The number of fused-ring (bicyclic) bond motifs is 5. The summed E-state index contributed by atoms with van der Waals surface area (Å²) in [5.74, 6) is -7.51. The van der Waals surface area contributed by atoms with E-state index in [0.29, 0.717) is 0 Å². The Morgan fingerprint density at radius 1 is 1.11 bits per heavy atom. The summed E-state index contributed by atoms with van der Waals surface area (Å²) >= 11 is 0. The topological polar surface area (TPSA) is 17.1 Å². The lowest BCUT2D eigenvalue weighted by atomic mass is 9.76. The van der Waals surface area contributed by atoms with Gasteiger partial charge in [0.2, 0.25) is 0 Å². The third kappa shape index (κ3) is 1.09. The van der Waals surface area contributed by atoms with Crippen molar-refractivity contribution in [3.05, 3.63) is 46.5 Å². The third-order valence-electron chi connectivity index (χ3n) is 3.88. The van der Waals surface area contributed by atoms with Crippen molar-refractivity contribution in [3.63, 3.8) is 0 Å². The van der Waals surface area contributed by atoms with Crippen molar-refractivity contribution in [1.29, 1.82) is 0 Å². The predicted octanol–water partition coefficient (Wildman–Crippen LogP) is 3.13. The number of hydrogen-bond donors (Lipinski definition) is 0. The highest BCUT2D eigenvalue weighted by Crippen LogP contribution is 2.52. The Hall–Kier alpha value is -1.65. The van der Waals surface area contributed by atoms with Crippen LogP contribution in [-0.4, -0.2) is 5.78 Å². The van der Waals surface area contributed by atoms with Crippen LogP contribution in [0, 0.1) is 23.3 Å². The molecule has 0 amide bonds. The second kappa shape index (κ2) is 3.22. The molecule has 2 atom stereocenters. The number of carbonyl (C=O) groups is 1. The molecule has 0 radical (unpaired) electrons. The van der Waals surface area contributed by atoms with Crippen molar-refractivity contribution in [2.24, 2.45) is 0 Å². The van der Waals surface area contributed by atoms with Crippen molar-refractivity contribution >= 4 is 5.78 Å². The van der Waals surface area contributed by atoms with Gasteiger partial charge in [-0.1, -0.05) is 6.08 Å². The van der Waals surface area contributed by atoms with Crippen molar-refractivity contribution in [2.75, 3.05) is 0 Å². The van der Waals surface area contributed by atoms with Gasteiger partial charge in [-0.05, 0) is 19.4 Å². The number of carbonyl (C=O) groups excluding carboxylic acids is 1. The SMILES string of the molecule is C[C@]12C[C@H](C=CC1=O)c1c(F)c(F)c(F)c(F)c12. The Balaban J connectivity index is 2.45. The minimum absolute atomic E-state index is 0.147. The summed E-state index contributed by atoms with van der Waals surface area (Å²) in [5, 5.41) is 0. The number of hydrogen-bond acceptors (Lipinski definition) is 1. The molecule has 18 heavy (non-hydrogen) atoms. The first kappa shape index (κ1) is 11.4. The second-order valence-electron chi connectivity index (χ2n) is 4.91. The lowest BCUT2D eigenvalue weighted by Crippen LogP contribution is -2.31. The van der Waals surface area contributed by atoms with Crippen LogP contribution in [-0.2, 0) is 10.2 Å². The first-order valence-corrected chi connectivity index (χ1v) is 5.47. The number of rotatable bonds is 0. The summed E-state index contributed by atoms with van der Waals surface area (Å²) in [6.07, 6.45) is 2.78. The average molecular weight is 256 g/mol. The van der Waals surface area contributed by atoms with Crippen LogP contribution in [0.3, 0.4) is 0 Å². The van der Waals surface area contributed by atoms with Crippen LogP contribution in [0.5, 0.6) is 0 Å². The van der Waals surface area contributed by atoms with Gasteiger partial charge in [-0.25, -0.2) is 17.6 Å². The molecule has 1 nitrogen and oxygen atoms in total. The molecule has 2 aliphatic rings. The highest BCUT2D eigenvalue weighted by Gasteiger charge is 2.51. The molecule has 1 aromatic rings. The molecule has 0 spiro atoms. The van der Waals surface area contributed by atoms with E-state index in [4.69, 9.17) is 0 Å². The molecule has 0 aromatic heterocycles. The number of benzene rings is 1. The predicted molar refractivity (Wildman–Crippen MR) is 55.1 cm³/mol. The van der Waals surface area contributed by atoms with E-state index in [9.17, 15) is 22.4 Å². The Kier molecular flexibility index (Phi) is 2.04. The lowest BCUT2D eigenvalue weighted by molar-refractivity contribution is -0.119. The zero-order valence-corrected chi connectivity index (χ0v) is 9.36. The fourth-order valence-electron chi connectivity index (χ4n) is 2.96. The fraction of sp³-hybridized carbons (Fsp3) is 0.308. The molecule has 3 rings (SSSR count). The molecule has 0 fully saturated rings. The molecule has 0 saturated heterocycles. The zero-order chi connectivity index (χ0) is 13.2. The van der Waals surface area contributed by atoms with Gasteiger partial charge < -0.3 is 0 Å². The molecule has 0 saturated carbocycles. The summed E-state index contributed by atoms with van der Waals surface area (Å²) in [4.78, 5) is 11.8. The van der Waals surface area contributed by atoms with E-state index in [1.165, 1.54) is 19.1 Å². The Morgan fingerprint density at radius 2 is 1.72 bits per heavy atom.